The molecule has 0 spiro atoms. The monoisotopic (exact) mass is 1340 g/mol. The number of amides is 8. The summed E-state index contributed by atoms with van der Waals surface area (Å²) in [5.41, 5.74) is 5.28. The summed E-state index contributed by atoms with van der Waals surface area (Å²) >= 11 is 0. The zero-order chi connectivity index (χ0) is 69.2. The predicted molar refractivity (Wildman–Crippen MR) is 375 cm³/mol. The second-order valence-corrected chi connectivity index (χ2v) is 26.2. The zero-order valence-electron chi connectivity index (χ0n) is 57.3. The Morgan fingerprint density at radius 3 is 1.15 bits per heavy atom. The lowest BCUT2D eigenvalue weighted by Crippen LogP contribution is -2.58. The fourth-order valence-corrected chi connectivity index (χ4v) is 14.3. The number of likely N-dealkylation sites (N-methyl/N-ethyl adjacent to an activating group) is 2. The number of carbonyl (C=O) groups is 8. The van der Waals surface area contributed by atoms with E-state index in [4.69, 9.17) is 9.47 Å². The minimum Gasteiger partial charge on any atom is -0.375 e. The van der Waals surface area contributed by atoms with E-state index in [2.05, 4.69) is 77.4 Å². The average molecular weight is 1340 g/mol. The normalized spacial score (nSPS) is 21.8. The Morgan fingerprint density at radius 1 is 0.439 bits per heavy atom. The van der Waals surface area contributed by atoms with Gasteiger partial charge in [0.1, 0.15) is 36.3 Å². The van der Waals surface area contributed by atoms with E-state index in [1.807, 2.05) is 86.6 Å². The number of nitrogens with zero attached hydrogens (tertiary/aromatic N) is 2. The highest BCUT2D eigenvalue weighted by Gasteiger charge is 2.50. The van der Waals surface area contributed by atoms with Crippen LogP contribution in [-0.4, -0.2) is 159 Å². The van der Waals surface area contributed by atoms with E-state index in [0.717, 1.165) is 22.3 Å². The van der Waals surface area contributed by atoms with Gasteiger partial charge in [0.2, 0.25) is 47.3 Å². The SMILES string of the molecule is CC[C@H](NC)C(=O)N[C@@H]1C(=O)N2[C@@H](CC[C@@H]1CCNCc1ccccc1)CC[C@H]2C(=O)N[C@H](C(=O)NCCOCc1ccc(COCCNC(=O)[C@@H](NC(=O)[C@@H]2CC[C@@H]3CC[C@H](CCNCc4ccccc4)[C@H](NC(=O)[C@H](CC)NC)C(=O)N32)c2ccccc2)cc1)c1ccccc1. The first kappa shape index (κ1) is 73.9. The smallest absolute Gasteiger partial charge is 0.247 e. The van der Waals surface area contributed by atoms with Crippen LogP contribution in [0, 0.1) is 11.8 Å². The fraction of sp³-hybridized carbons (Fsp3) is 0.500. The number of carbonyl (C=O) groups excluding carboxylic acids is 8. The Labute approximate surface area is 577 Å². The van der Waals surface area contributed by atoms with E-state index in [-0.39, 0.29) is 87.1 Å². The van der Waals surface area contributed by atoms with Crippen molar-refractivity contribution in [3.05, 3.63) is 179 Å². The lowest BCUT2D eigenvalue weighted by atomic mass is 9.90. The van der Waals surface area contributed by atoms with Gasteiger partial charge in [0, 0.05) is 38.3 Å². The minimum atomic E-state index is -1.05. The molecule has 4 aliphatic heterocycles. The molecule has 0 unspecified atom stereocenters. The molecule has 10 N–H and O–H groups in total. The second-order valence-electron chi connectivity index (χ2n) is 26.2. The first-order chi connectivity index (χ1) is 47.8. The van der Waals surface area contributed by atoms with Crippen LogP contribution in [-0.2, 0) is 74.1 Å². The third-order valence-electron chi connectivity index (χ3n) is 19.8. The van der Waals surface area contributed by atoms with Crippen LogP contribution < -0.4 is 53.2 Å². The lowest BCUT2D eigenvalue weighted by molar-refractivity contribution is -0.144. The summed E-state index contributed by atoms with van der Waals surface area (Å²) in [5, 5.41) is 31.2. The highest BCUT2D eigenvalue weighted by molar-refractivity contribution is 5.97. The van der Waals surface area contributed by atoms with Crippen LogP contribution in [0.4, 0.5) is 0 Å². The van der Waals surface area contributed by atoms with Gasteiger partial charge in [-0.3, -0.25) is 38.4 Å². The van der Waals surface area contributed by atoms with Crippen LogP contribution in [0.3, 0.4) is 0 Å². The molecule has 526 valence electrons. The maximum absolute atomic E-state index is 14.8. The molecule has 22 nitrogen and oxygen atoms in total. The average Bonchev–Trinajstić information content (AvgIpc) is 1.63. The van der Waals surface area contributed by atoms with Gasteiger partial charge in [0.15, 0.2) is 0 Å². The van der Waals surface area contributed by atoms with Crippen molar-refractivity contribution < 1.29 is 47.8 Å². The van der Waals surface area contributed by atoms with E-state index in [1.54, 1.807) is 72.4 Å². The fourth-order valence-electron chi connectivity index (χ4n) is 14.3. The molecule has 5 aromatic rings. The summed E-state index contributed by atoms with van der Waals surface area (Å²) in [7, 11) is 3.45. The van der Waals surface area contributed by atoms with E-state index in [0.29, 0.717) is 114 Å². The van der Waals surface area contributed by atoms with E-state index in [9.17, 15) is 38.4 Å². The number of hydrogen-bond donors (Lipinski definition) is 10. The number of rotatable bonds is 36. The topological polar surface area (TPSA) is 282 Å². The van der Waals surface area contributed by atoms with Gasteiger partial charge in [-0.05, 0) is 149 Å². The number of benzene rings is 5. The quantitative estimate of drug-likeness (QED) is 0.0221. The zero-order valence-corrected chi connectivity index (χ0v) is 57.3. The molecule has 4 saturated heterocycles. The molecular weight excluding hydrogens is 1240 g/mol. The third-order valence-corrected chi connectivity index (χ3v) is 19.8. The maximum Gasteiger partial charge on any atom is 0.247 e. The Hall–Kier alpha value is -8.38. The minimum absolute atomic E-state index is 0.153. The Bertz CT molecular complexity index is 3130. The van der Waals surface area contributed by atoms with Crippen LogP contribution >= 0.6 is 0 Å². The Kier molecular flexibility index (Phi) is 28.7. The molecule has 12 atom stereocenters. The number of hydrogen-bond acceptors (Lipinski definition) is 14. The molecule has 0 aliphatic carbocycles. The van der Waals surface area contributed by atoms with Crippen LogP contribution in [0.15, 0.2) is 146 Å². The molecule has 0 aromatic heterocycles. The van der Waals surface area contributed by atoms with Gasteiger partial charge in [0.25, 0.3) is 0 Å². The molecule has 8 amide bonds. The van der Waals surface area contributed by atoms with Crippen LogP contribution in [0.5, 0.6) is 0 Å². The van der Waals surface area contributed by atoms with E-state index >= 15 is 0 Å². The first-order valence-corrected chi connectivity index (χ1v) is 35.4. The summed E-state index contributed by atoms with van der Waals surface area (Å²) in [6, 6.07) is 39.2. The second kappa shape index (κ2) is 38.1. The van der Waals surface area contributed by atoms with Gasteiger partial charge < -0.3 is 72.4 Å². The third kappa shape index (κ3) is 20.4. The molecule has 4 fully saturated rings. The van der Waals surface area contributed by atoms with Gasteiger partial charge in [-0.1, -0.05) is 159 Å². The maximum atomic E-state index is 14.8. The number of ether oxygens (including phenoxy) is 2. The molecule has 4 heterocycles. The molecule has 5 aromatic carbocycles. The molecule has 0 saturated carbocycles. The molecule has 22 heteroatoms. The summed E-state index contributed by atoms with van der Waals surface area (Å²) < 4.78 is 12.0. The molecule has 9 rings (SSSR count). The van der Waals surface area contributed by atoms with Crippen molar-refractivity contribution in [1.82, 2.24) is 63.0 Å². The highest BCUT2D eigenvalue weighted by atomic mass is 16.5. The summed E-state index contributed by atoms with van der Waals surface area (Å²) in [6.07, 6.45) is 7.30. The molecule has 0 bridgehead atoms. The summed E-state index contributed by atoms with van der Waals surface area (Å²) in [6.45, 7) is 7.73. The Balaban J connectivity index is 0.722. The summed E-state index contributed by atoms with van der Waals surface area (Å²) in [4.78, 5) is 117. The van der Waals surface area contributed by atoms with Crippen LogP contribution in [0.25, 0.3) is 0 Å². The molecule has 4 aliphatic rings. The van der Waals surface area contributed by atoms with Gasteiger partial charge in [-0.15, -0.1) is 0 Å². The van der Waals surface area contributed by atoms with Gasteiger partial charge >= 0.3 is 0 Å². The van der Waals surface area contributed by atoms with Gasteiger partial charge in [-0.25, -0.2) is 0 Å². The van der Waals surface area contributed by atoms with Crippen LogP contribution in [0.2, 0.25) is 0 Å². The van der Waals surface area contributed by atoms with Crippen molar-refractivity contribution >= 4 is 47.3 Å². The molecule has 98 heavy (non-hydrogen) atoms. The van der Waals surface area contributed by atoms with Crippen molar-refractivity contribution in [2.45, 2.75) is 178 Å². The van der Waals surface area contributed by atoms with Crippen molar-refractivity contribution in [2.75, 3.05) is 53.5 Å². The van der Waals surface area contributed by atoms with E-state index in [1.165, 1.54) is 0 Å². The van der Waals surface area contributed by atoms with Crippen molar-refractivity contribution in [2.24, 2.45) is 11.8 Å². The highest BCUT2D eigenvalue weighted by Crippen LogP contribution is 2.37. The predicted octanol–water partition coefficient (Wildman–Crippen LogP) is 5.53. The summed E-state index contributed by atoms with van der Waals surface area (Å²) in [5.74, 6) is -3.07. The lowest BCUT2D eigenvalue weighted by Gasteiger charge is -2.33. The number of nitrogens with one attached hydrogen (secondary N) is 10. The number of fused-ring (bicyclic) bond motifs is 2. The van der Waals surface area contributed by atoms with Crippen LogP contribution in [0.1, 0.15) is 136 Å². The first-order valence-electron chi connectivity index (χ1n) is 35.4. The van der Waals surface area contributed by atoms with Crippen molar-refractivity contribution in [3.8, 4) is 0 Å². The van der Waals surface area contributed by atoms with Crippen molar-refractivity contribution in [3.63, 3.8) is 0 Å². The van der Waals surface area contributed by atoms with Gasteiger partial charge in [-0.2, -0.15) is 0 Å². The van der Waals surface area contributed by atoms with Gasteiger partial charge in [0.05, 0.1) is 38.5 Å². The standard InChI is InChI=1S/C76H102N12O10/c1-5-61(77-3)69(89)85-67-57(39-41-79-47-51-19-11-7-12-20-51)31-33-59-35-37-63(87(59)75(67)95)71(91)83-65(55-23-15-9-16-24-55)73(93)81-43-45-97-49-53-27-29-54(30-28-53)50-98-46-44-82-74(94)66(56-25-17-10-18-26-56)84-72(92)64-38-36-60-34-32-58(40-42-80-48-52-21-13-8-14-22-52)68(76(96)88(60)64)86-70(90)62(6-2)78-4/h7-30,57-68,77-80H,5-6,31-50H2,1-4H3,(H,81,93)(H,82,94)(H,83,91)(H,84,92)(H,85,89)(H,86,90)/t57-,58-,59+,60+,61+,62+,63+,64+,65+,66+,67+,68+/m1/s1. The Morgan fingerprint density at radius 2 is 0.796 bits per heavy atom. The largest absolute Gasteiger partial charge is 0.375 e. The molecular formula is C76H102N12O10. The molecule has 0 radical (unpaired) electrons. The van der Waals surface area contributed by atoms with E-state index < -0.39 is 72.0 Å². The van der Waals surface area contributed by atoms with Crippen molar-refractivity contribution in [1.29, 1.82) is 0 Å².